The molecule has 1 rings (SSSR count). The van der Waals surface area contributed by atoms with Crippen LogP contribution in [0.5, 0.6) is 0 Å². The molecule has 0 aromatic heterocycles. The van der Waals surface area contributed by atoms with Gasteiger partial charge in [0, 0.05) is 24.1 Å². The summed E-state index contributed by atoms with van der Waals surface area (Å²) in [5, 5.41) is 2.82. The molecule has 0 saturated carbocycles. The van der Waals surface area contributed by atoms with E-state index in [0.717, 1.165) is 5.56 Å². The molecule has 1 amide bonds. The second-order valence-electron chi connectivity index (χ2n) is 3.97. The van der Waals surface area contributed by atoms with Gasteiger partial charge < -0.3 is 10.1 Å². The summed E-state index contributed by atoms with van der Waals surface area (Å²) in [5.41, 5.74) is 1.02. The Morgan fingerprint density at radius 2 is 2.11 bits per heavy atom. The second kappa shape index (κ2) is 7.95. The quantitative estimate of drug-likeness (QED) is 0.634. The lowest BCUT2D eigenvalue weighted by atomic mass is 10.2. The van der Waals surface area contributed by atoms with E-state index in [9.17, 15) is 4.79 Å². The van der Waals surface area contributed by atoms with Crippen LogP contribution in [0.2, 0.25) is 0 Å². The van der Waals surface area contributed by atoms with Crippen molar-refractivity contribution in [2.45, 2.75) is 17.9 Å². The fourth-order valence-corrected chi connectivity index (χ4v) is 1.88. The van der Waals surface area contributed by atoms with Gasteiger partial charge in [-0.15, -0.1) is 11.8 Å². The minimum atomic E-state index is -0.103. The van der Waals surface area contributed by atoms with E-state index in [2.05, 4.69) is 5.32 Å². The third-order valence-electron chi connectivity index (χ3n) is 2.35. The van der Waals surface area contributed by atoms with Crippen LogP contribution in [0.4, 0.5) is 0 Å². The van der Waals surface area contributed by atoms with Gasteiger partial charge >= 0.3 is 0 Å². The summed E-state index contributed by atoms with van der Waals surface area (Å²) in [6, 6.07) is 8.08. The monoisotopic (exact) mass is 265 g/mol. The molecular formula is C14H19NO2S. The molecule has 3 nitrogen and oxygen atoms in total. The average Bonchev–Trinajstić information content (AvgIpc) is 2.37. The van der Waals surface area contributed by atoms with Crippen LogP contribution in [0, 0.1) is 0 Å². The molecule has 0 aliphatic rings. The van der Waals surface area contributed by atoms with Crippen LogP contribution < -0.4 is 5.32 Å². The van der Waals surface area contributed by atoms with E-state index in [-0.39, 0.29) is 11.9 Å². The lowest BCUT2D eigenvalue weighted by molar-refractivity contribution is -0.117. The van der Waals surface area contributed by atoms with E-state index in [4.69, 9.17) is 4.74 Å². The highest BCUT2D eigenvalue weighted by Gasteiger charge is 2.03. The number of carbonyl (C=O) groups is 1. The molecule has 1 atom stereocenters. The van der Waals surface area contributed by atoms with Gasteiger partial charge in [0.15, 0.2) is 0 Å². The molecule has 18 heavy (non-hydrogen) atoms. The van der Waals surface area contributed by atoms with Crippen LogP contribution in [0.3, 0.4) is 0 Å². The number of methoxy groups -OCH3 is 1. The first-order chi connectivity index (χ1) is 8.65. The number of hydrogen-bond acceptors (Lipinski definition) is 3. The van der Waals surface area contributed by atoms with Gasteiger partial charge in [-0.05, 0) is 37.0 Å². The summed E-state index contributed by atoms with van der Waals surface area (Å²) in [6.07, 6.45) is 5.38. The summed E-state index contributed by atoms with van der Waals surface area (Å²) in [6.45, 7) is 2.42. The first kappa shape index (κ1) is 14.8. The highest BCUT2D eigenvalue weighted by molar-refractivity contribution is 7.98. The van der Waals surface area contributed by atoms with Gasteiger partial charge in [-0.1, -0.05) is 12.1 Å². The van der Waals surface area contributed by atoms with Gasteiger partial charge in [-0.25, -0.2) is 0 Å². The van der Waals surface area contributed by atoms with Crippen molar-refractivity contribution in [1.82, 2.24) is 5.32 Å². The number of hydrogen-bond donors (Lipinski definition) is 1. The number of amides is 1. The van der Waals surface area contributed by atoms with Crippen molar-refractivity contribution in [1.29, 1.82) is 0 Å². The zero-order valence-electron chi connectivity index (χ0n) is 11.0. The molecule has 0 bridgehead atoms. The molecule has 1 unspecified atom stereocenters. The number of ether oxygens (including phenoxy) is 1. The second-order valence-corrected chi connectivity index (χ2v) is 4.85. The maximum atomic E-state index is 11.6. The topological polar surface area (TPSA) is 38.3 Å². The molecule has 1 aromatic rings. The molecule has 0 aliphatic heterocycles. The van der Waals surface area contributed by atoms with Crippen molar-refractivity contribution < 1.29 is 9.53 Å². The van der Waals surface area contributed by atoms with Crippen LogP contribution in [0.1, 0.15) is 12.5 Å². The molecular weight excluding hydrogens is 246 g/mol. The first-order valence-electron chi connectivity index (χ1n) is 5.77. The average molecular weight is 265 g/mol. The van der Waals surface area contributed by atoms with Crippen molar-refractivity contribution in [3.05, 3.63) is 35.9 Å². The van der Waals surface area contributed by atoms with Crippen LogP contribution in [-0.2, 0) is 9.53 Å². The van der Waals surface area contributed by atoms with Gasteiger partial charge in [-0.3, -0.25) is 4.79 Å². The lowest BCUT2D eigenvalue weighted by Crippen LogP contribution is -2.34. The van der Waals surface area contributed by atoms with Crippen molar-refractivity contribution >= 4 is 23.7 Å². The fraction of sp³-hybridized carbons (Fsp3) is 0.357. The van der Waals surface area contributed by atoms with Gasteiger partial charge in [0.25, 0.3) is 0 Å². The van der Waals surface area contributed by atoms with Crippen LogP contribution >= 0.6 is 11.8 Å². The lowest BCUT2D eigenvalue weighted by Gasteiger charge is -2.10. The van der Waals surface area contributed by atoms with Crippen LogP contribution in [0.25, 0.3) is 6.08 Å². The summed E-state index contributed by atoms with van der Waals surface area (Å²) in [5.74, 6) is -0.103. The Balaban J connectivity index is 2.49. The first-order valence-corrected chi connectivity index (χ1v) is 6.99. The predicted octanol–water partition coefficient (Wildman–Crippen LogP) is 2.57. The molecule has 0 spiro atoms. The molecule has 1 aromatic carbocycles. The van der Waals surface area contributed by atoms with E-state index >= 15 is 0 Å². The SMILES string of the molecule is COCC(C)NC(=O)/C=C/c1ccc(SC)cc1. The summed E-state index contributed by atoms with van der Waals surface area (Å²) in [7, 11) is 1.62. The Kier molecular flexibility index (Phi) is 6.54. The van der Waals surface area contributed by atoms with Gasteiger partial charge in [0.05, 0.1) is 6.61 Å². The van der Waals surface area contributed by atoms with Gasteiger partial charge in [-0.2, -0.15) is 0 Å². The smallest absolute Gasteiger partial charge is 0.244 e. The maximum absolute atomic E-state index is 11.6. The number of benzene rings is 1. The zero-order valence-corrected chi connectivity index (χ0v) is 11.8. The number of thioether (sulfide) groups is 1. The summed E-state index contributed by atoms with van der Waals surface area (Å²) in [4.78, 5) is 12.8. The van der Waals surface area contributed by atoms with Gasteiger partial charge in [0.2, 0.25) is 5.91 Å². The third kappa shape index (κ3) is 5.38. The van der Waals surface area contributed by atoms with Crippen LogP contribution in [0.15, 0.2) is 35.2 Å². The Morgan fingerprint density at radius 1 is 1.44 bits per heavy atom. The van der Waals surface area contributed by atoms with E-state index in [1.807, 2.05) is 37.4 Å². The van der Waals surface area contributed by atoms with E-state index in [1.54, 1.807) is 31.0 Å². The number of carbonyl (C=O) groups excluding carboxylic acids is 1. The highest BCUT2D eigenvalue weighted by atomic mass is 32.2. The Hall–Kier alpha value is -1.26. The molecule has 98 valence electrons. The summed E-state index contributed by atoms with van der Waals surface area (Å²) >= 11 is 1.70. The predicted molar refractivity (Wildman–Crippen MR) is 76.7 cm³/mol. The fourth-order valence-electron chi connectivity index (χ4n) is 1.47. The normalized spacial score (nSPS) is 12.6. The summed E-state index contributed by atoms with van der Waals surface area (Å²) < 4.78 is 4.95. The molecule has 0 aliphatic carbocycles. The zero-order chi connectivity index (χ0) is 13.4. The Morgan fingerprint density at radius 3 is 2.67 bits per heavy atom. The maximum Gasteiger partial charge on any atom is 0.244 e. The van der Waals surface area contributed by atoms with E-state index in [0.29, 0.717) is 6.61 Å². The standard InChI is InChI=1S/C14H19NO2S/c1-11(10-17-2)15-14(16)9-6-12-4-7-13(18-3)8-5-12/h4-9,11H,10H2,1-3H3,(H,15,16)/b9-6+. The molecule has 1 N–H and O–H groups in total. The van der Waals surface area contributed by atoms with Gasteiger partial charge in [0.1, 0.15) is 0 Å². The third-order valence-corrected chi connectivity index (χ3v) is 3.09. The minimum Gasteiger partial charge on any atom is -0.383 e. The molecule has 4 heteroatoms. The largest absolute Gasteiger partial charge is 0.383 e. The number of nitrogens with one attached hydrogen (secondary N) is 1. The van der Waals surface area contributed by atoms with Crippen molar-refractivity contribution in [3.63, 3.8) is 0 Å². The van der Waals surface area contributed by atoms with Crippen molar-refractivity contribution in [3.8, 4) is 0 Å². The van der Waals surface area contributed by atoms with E-state index < -0.39 is 0 Å². The van der Waals surface area contributed by atoms with Crippen molar-refractivity contribution in [2.24, 2.45) is 0 Å². The van der Waals surface area contributed by atoms with Crippen LogP contribution in [-0.4, -0.2) is 31.9 Å². The Labute approximate surface area is 113 Å². The highest BCUT2D eigenvalue weighted by Crippen LogP contribution is 2.15. The minimum absolute atomic E-state index is 0.0195. The van der Waals surface area contributed by atoms with Crippen molar-refractivity contribution in [2.75, 3.05) is 20.0 Å². The number of rotatable bonds is 6. The van der Waals surface area contributed by atoms with E-state index in [1.165, 1.54) is 4.90 Å². The molecule has 0 heterocycles. The molecule has 0 fully saturated rings. The Bertz CT molecular complexity index is 401. The molecule has 0 saturated heterocycles. The molecule has 0 radical (unpaired) electrons.